The van der Waals surface area contributed by atoms with Crippen LogP contribution in [0.2, 0.25) is 0 Å². The van der Waals surface area contributed by atoms with Crippen LogP contribution >= 0.6 is 11.8 Å². The van der Waals surface area contributed by atoms with Gasteiger partial charge in [-0.2, -0.15) is 52.7 Å². The minimum Gasteiger partial charge on any atom is -0.479 e. The van der Waals surface area contributed by atoms with Crippen LogP contribution in [0.1, 0.15) is 12.8 Å². The molecule has 2 aliphatic rings. The largest absolute Gasteiger partial charge is 0.479 e. The quantitative estimate of drug-likeness (QED) is 0.449. The molecule has 0 radical (unpaired) electrons. The Morgan fingerprint density at radius 3 is 0.914 bits per heavy atom. The Bertz CT molecular complexity index is 883. The number of aliphatic carboxylic acids is 2. The van der Waals surface area contributed by atoms with Gasteiger partial charge >= 0.3 is 58.8 Å². The topological polar surface area (TPSA) is 74.6 Å². The molecule has 4 nitrogen and oxygen atoms in total. The molecule has 0 aromatic carbocycles. The molecule has 2 saturated carbocycles. The fourth-order valence-corrected chi connectivity index (χ4v) is 4.98. The van der Waals surface area contributed by atoms with E-state index in [1.807, 2.05) is 0 Å². The van der Waals surface area contributed by atoms with Crippen LogP contribution in [0, 0.1) is 0 Å². The van der Waals surface area contributed by atoms with Crippen molar-refractivity contribution in [3.8, 4) is 0 Å². The molecule has 0 aromatic rings. The minimum atomic E-state index is -7.26. The zero-order valence-electron chi connectivity index (χ0n) is 15.6. The highest BCUT2D eigenvalue weighted by Gasteiger charge is 2.97. The first-order valence-electron chi connectivity index (χ1n) is 8.20. The zero-order chi connectivity index (χ0) is 28.3. The maximum Gasteiger partial charge on any atom is 0.360 e. The Balaban J connectivity index is 2.85. The highest BCUT2D eigenvalue weighted by Crippen LogP contribution is 2.73. The van der Waals surface area contributed by atoms with Crippen LogP contribution in [0.5, 0.6) is 0 Å². The first kappa shape index (κ1) is 29.4. The molecule has 2 aliphatic carbocycles. The second kappa shape index (κ2) is 6.93. The second-order valence-corrected chi connectivity index (χ2v) is 9.04. The summed E-state index contributed by atoms with van der Waals surface area (Å²) in [6, 6.07) is 0. The molecule has 2 fully saturated rings. The van der Waals surface area contributed by atoms with Crippen molar-refractivity contribution in [2.75, 3.05) is 0 Å². The van der Waals surface area contributed by atoms with Gasteiger partial charge in [-0.3, -0.25) is 0 Å². The average molecular weight is 574 g/mol. The molecule has 0 aromatic heterocycles. The molecule has 0 spiro atoms. The SMILES string of the molecule is O=C(O)C1(F)C(F)(F)C(F)(F)CC(F)(SC2(F)CC(F)(F)C(F)(F)C(F)(C(=O)O)C2(F)F)C1(F)F. The molecule has 35 heavy (non-hydrogen) atoms. The molecule has 4 atom stereocenters. The van der Waals surface area contributed by atoms with Crippen molar-refractivity contribution in [3.63, 3.8) is 0 Å². The molecule has 0 heterocycles. The van der Waals surface area contributed by atoms with Gasteiger partial charge in [0.1, 0.15) is 0 Å². The maximum absolute atomic E-state index is 14.9. The monoisotopic (exact) mass is 574 g/mol. The zero-order valence-corrected chi connectivity index (χ0v) is 16.4. The number of hydrogen-bond donors (Lipinski definition) is 2. The predicted molar refractivity (Wildman–Crippen MR) is 77.1 cm³/mol. The van der Waals surface area contributed by atoms with Crippen LogP contribution in [0.4, 0.5) is 70.2 Å². The maximum atomic E-state index is 14.9. The van der Waals surface area contributed by atoms with E-state index in [2.05, 4.69) is 0 Å². The standard InChI is InChI=1S/C14H6F16O4S/c15-5(16)1-7(19,13(27,28)9(21,3(31)32)11(5,23)24)35-8(20)2-6(17,18)12(25,26)10(22,4(33)34)14(8,29)30/h1-2H2,(H,31,32)(H,33,34). The van der Waals surface area contributed by atoms with Gasteiger partial charge < -0.3 is 10.2 Å². The minimum absolute atomic E-state index is 3.06. The first-order valence-corrected chi connectivity index (χ1v) is 9.02. The fourth-order valence-electron chi connectivity index (χ4n) is 3.42. The Morgan fingerprint density at radius 1 is 0.486 bits per heavy atom. The van der Waals surface area contributed by atoms with E-state index in [0.29, 0.717) is 0 Å². The van der Waals surface area contributed by atoms with Crippen LogP contribution in [0.3, 0.4) is 0 Å². The van der Waals surface area contributed by atoms with E-state index >= 15 is 0 Å². The van der Waals surface area contributed by atoms with Gasteiger partial charge in [0.2, 0.25) is 10.0 Å². The van der Waals surface area contributed by atoms with Crippen LogP contribution in [0.25, 0.3) is 0 Å². The van der Waals surface area contributed by atoms with Gasteiger partial charge in [0, 0.05) is 0 Å². The van der Waals surface area contributed by atoms with Gasteiger partial charge in [0.15, 0.2) is 0 Å². The van der Waals surface area contributed by atoms with Gasteiger partial charge in [0.05, 0.1) is 12.8 Å². The second-order valence-electron chi connectivity index (χ2n) is 7.55. The lowest BCUT2D eigenvalue weighted by atomic mass is 9.75. The number of hydrogen-bond acceptors (Lipinski definition) is 3. The van der Waals surface area contributed by atoms with Gasteiger partial charge in [-0.15, -0.1) is 0 Å². The summed E-state index contributed by atoms with van der Waals surface area (Å²) < 4.78 is 225. The Hall–Kier alpha value is -1.83. The van der Waals surface area contributed by atoms with Gasteiger partial charge in [0.25, 0.3) is 0 Å². The van der Waals surface area contributed by atoms with E-state index in [1.54, 1.807) is 0 Å². The van der Waals surface area contributed by atoms with E-state index in [4.69, 9.17) is 10.2 Å². The Morgan fingerprint density at radius 2 is 0.714 bits per heavy atom. The van der Waals surface area contributed by atoms with Crippen molar-refractivity contribution >= 4 is 23.7 Å². The highest BCUT2D eigenvalue weighted by atomic mass is 32.2. The van der Waals surface area contributed by atoms with Crippen molar-refractivity contribution < 1.29 is 90.0 Å². The third kappa shape index (κ3) is 2.92. The number of thioether (sulfide) groups is 1. The fraction of sp³-hybridized carbons (Fsp3) is 0.857. The number of carboxylic acid groups (broad SMARTS) is 2. The summed E-state index contributed by atoms with van der Waals surface area (Å²) in [5, 5.41) is 3.86. The average Bonchev–Trinajstić information content (AvgIpc) is 2.62. The van der Waals surface area contributed by atoms with Crippen LogP contribution in [-0.2, 0) is 9.59 Å². The summed E-state index contributed by atoms with van der Waals surface area (Å²) in [4.78, 5) is 21.4. The number of carboxylic acids is 2. The molecule has 21 heteroatoms. The van der Waals surface area contributed by atoms with E-state index in [-0.39, 0.29) is 0 Å². The normalized spacial score (nSPS) is 42.7. The van der Waals surface area contributed by atoms with E-state index < -0.39 is 93.4 Å². The van der Waals surface area contributed by atoms with Crippen LogP contribution in [-0.4, -0.2) is 79.0 Å². The number of alkyl halides is 16. The van der Waals surface area contributed by atoms with Crippen LogP contribution < -0.4 is 0 Å². The van der Waals surface area contributed by atoms with Crippen molar-refractivity contribution in [2.24, 2.45) is 0 Å². The molecule has 0 saturated heterocycles. The third-order valence-corrected chi connectivity index (χ3v) is 6.85. The lowest BCUT2D eigenvalue weighted by Crippen LogP contribution is -2.81. The Kier molecular flexibility index (Phi) is 5.82. The van der Waals surface area contributed by atoms with E-state index in [0.717, 1.165) is 0 Å². The molecular formula is C14H6F16O4S. The molecule has 0 bridgehead atoms. The van der Waals surface area contributed by atoms with Gasteiger partial charge in [-0.25, -0.2) is 27.2 Å². The van der Waals surface area contributed by atoms with Crippen molar-refractivity contribution in [3.05, 3.63) is 0 Å². The number of halogens is 16. The van der Waals surface area contributed by atoms with Gasteiger partial charge in [-0.1, -0.05) is 11.8 Å². The molecule has 4 unspecified atom stereocenters. The predicted octanol–water partition coefficient (Wildman–Crippen LogP) is 5.26. The molecule has 204 valence electrons. The van der Waals surface area contributed by atoms with Gasteiger partial charge in [-0.05, 0) is 0 Å². The summed E-state index contributed by atoms with van der Waals surface area (Å²) >= 11 is -3.06. The van der Waals surface area contributed by atoms with Crippen molar-refractivity contribution in [1.82, 2.24) is 0 Å². The first-order chi connectivity index (χ1) is 15.0. The smallest absolute Gasteiger partial charge is 0.360 e. The number of rotatable bonds is 4. The lowest BCUT2D eigenvalue weighted by molar-refractivity contribution is -0.371. The van der Waals surface area contributed by atoms with Crippen molar-refractivity contribution in [1.29, 1.82) is 0 Å². The van der Waals surface area contributed by atoms with Crippen LogP contribution in [0.15, 0.2) is 0 Å². The molecular weight excluding hydrogens is 568 g/mol. The molecule has 0 amide bonds. The summed E-state index contributed by atoms with van der Waals surface area (Å²) in [6.45, 7) is 0. The molecule has 2 N–H and O–H groups in total. The van der Waals surface area contributed by atoms with E-state index in [1.165, 1.54) is 0 Å². The molecule has 0 aliphatic heterocycles. The summed E-state index contributed by atoms with van der Waals surface area (Å²) in [7, 11) is 0. The Labute approximate surface area is 184 Å². The van der Waals surface area contributed by atoms with Crippen molar-refractivity contribution in [2.45, 2.75) is 69.7 Å². The highest BCUT2D eigenvalue weighted by molar-refractivity contribution is 8.01. The third-order valence-electron chi connectivity index (χ3n) is 5.40. The summed E-state index contributed by atoms with van der Waals surface area (Å²) in [5.41, 5.74) is -14.2. The lowest BCUT2D eigenvalue weighted by Gasteiger charge is -2.54. The molecule has 2 rings (SSSR count). The summed E-state index contributed by atoms with van der Waals surface area (Å²) in [6.07, 6.45) is -8.03. The van der Waals surface area contributed by atoms with E-state index in [9.17, 15) is 79.8 Å². The summed E-state index contributed by atoms with van der Waals surface area (Å²) in [5.74, 6) is -50.6. The number of carbonyl (C=O) groups is 2.